The van der Waals surface area contributed by atoms with Crippen molar-refractivity contribution in [3.63, 3.8) is 0 Å². The van der Waals surface area contributed by atoms with Gasteiger partial charge in [-0.1, -0.05) is 35.3 Å². The Balaban J connectivity index is 2.06. The highest BCUT2D eigenvalue weighted by molar-refractivity contribution is 6.42. The van der Waals surface area contributed by atoms with E-state index in [1.165, 1.54) is 6.07 Å². The average molecular weight is 311 g/mol. The molecule has 0 aromatic heterocycles. The smallest absolute Gasteiger partial charge is 0.200 e. The van der Waals surface area contributed by atoms with Crippen LogP contribution in [0.15, 0.2) is 42.5 Å². The summed E-state index contributed by atoms with van der Waals surface area (Å²) in [6, 6.07) is 11.9. The molecular formula is C15H12Cl2O3. The Morgan fingerprint density at radius 2 is 1.75 bits per heavy atom. The second-order valence-corrected chi connectivity index (χ2v) is 4.81. The lowest BCUT2D eigenvalue weighted by Crippen LogP contribution is -2.12. The van der Waals surface area contributed by atoms with Crippen LogP contribution in [0.2, 0.25) is 10.0 Å². The summed E-state index contributed by atoms with van der Waals surface area (Å²) in [6.07, 6.45) is 0. The number of methoxy groups -OCH3 is 1. The van der Waals surface area contributed by atoms with Gasteiger partial charge < -0.3 is 9.47 Å². The molecule has 0 unspecified atom stereocenters. The van der Waals surface area contributed by atoms with Crippen molar-refractivity contribution in [1.29, 1.82) is 0 Å². The van der Waals surface area contributed by atoms with Gasteiger partial charge in [0.15, 0.2) is 23.9 Å². The Morgan fingerprint density at radius 1 is 1.05 bits per heavy atom. The summed E-state index contributed by atoms with van der Waals surface area (Å²) in [5.74, 6) is 0.910. The molecule has 0 aliphatic heterocycles. The van der Waals surface area contributed by atoms with Crippen molar-refractivity contribution in [2.24, 2.45) is 0 Å². The average Bonchev–Trinajstić information content (AvgIpc) is 2.47. The van der Waals surface area contributed by atoms with Crippen LogP contribution in [0.5, 0.6) is 11.5 Å². The predicted octanol–water partition coefficient (Wildman–Crippen LogP) is 4.26. The third kappa shape index (κ3) is 3.44. The molecule has 0 radical (unpaired) electrons. The second-order valence-electron chi connectivity index (χ2n) is 3.99. The molecule has 0 amide bonds. The Morgan fingerprint density at radius 3 is 2.40 bits per heavy atom. The topological polar surface area (TPSA) is 35.5 Å². The fraction of sp³-hybridized carbons (Fsp3) is 0.133. The number of hydrogen-bond donors (Lipinski definition) is 0. The maximum Gasteiger partial charge on any atom is 0.200 e. The van der Waals surface area contributed by atoms with E-state index in [2.05, 4.69) is 0 Å². The van der Waals surface area contributed by atoms with Crippen LogP contribution in [0.1, 0.15) is 10.4 Å². The molecule has 20 heavy (non-hydrogen) atoms. The first-order valence-corrected chi connectivity index (χ1v) is 6.61. The van der Waals surface area contributed by atoms with E-state index in [-0.39, 0.29) is 12.4 Å². The molecule has 0 saturated heterocycles. The van der Waals surface area contributed by atoms with Crippen molar-refractivity contribution in [3.05, 3.63) is 58.1 Å². The van der Waals surface area contributed by atoms with Crippen LogP contribution in [-0.2, 0) is 0 Å². The molecule has 2 aromatic carbocycles. The molecule has 0 fully saturated rings. The van der Waals surface area contributed by atoms with Crippen LogP contribution in [-0.4, -0.2) is 19.5 Å². The van der Waals surface area contributed by atoms with Crippen molar-refractivity contribution < 1.29 is 14.3 Å². The summed E-state index contributed by atoms with van der Waals surface area (Å²) in [6.45, 7) is -0.0989. The van der Waals surface area contributed by atoms with Gasteiger partial charge in [-0.25, -0.2) is 0 Å². The number of hydrogen-bond acceptors (Lipinski definition) is 3. The van der Waals surface area contributed by atoms with Crippen molar-refractivity contribution >= 4 is 29.0 Å². The maximum absolute atomic E-state index is 12.0. The van der Waals surface area contributed by atoms with E-state index >= 15 is 0 Å². The van der Waals surface area contributed by atoms with Gasteiger partial charge in [-0.3, -0.25) is 4.79 Å². The Bertz CT molecular complexity index is 626. The number of rotatable bonds is 5. The first-order valence-electron chi connectivity index (χ1n) is 5.86. The highest BCUT2D eigenvalue weighted by atomic mass is 35.5. The molecule has 0 aliphatic carbocycles. The summed E-state index contributed by atoms with van der Waals surface area (Å²) >= 11 is 11.7. The largest absolute Gasteiger partial charge is 0.493 e. The SMILES string of the molecule is COc1ccccc1OCC(=O)c1ccc(Cl)c(Cl)c1. The maximum atomic E-state index is 12.0. The lowest BCUT2D eigenvalue weighted by molar-refractivity contribution is 0.0919. The number of benzene rings is 2. The van der Waals surface area contributed by atoms with Gasteiger partial charge >= 0.3 is 0 Å². The van der Waals surface area contributed by atoms with E-state index in [0.717, 1.165) is 0 Å². The molecule has 0 aliphatic rings. The van der Waals surface area contributed by atoms with Crippen molar-refractivity contribution in [3.8, 4) is 11.5 Å². The van der Waals surface area contributed by atoms with Gasteiger partial charge in [-0.15, -0.1) is 0 Å². The van der Waals surface area contributed by atoms with Crippen LogP contribution in [0.3, 0.4) is 0 Å². The van der Waals surface area contributed by atoms with Crippen molar-refractivity contribution in [2.45, 2.75) is 0 Å². The zero-order chi connectivity index (χ0) is 14.5. The van der Waals surface area contributed by atoms with Gasteiger partial charge in [0, 0.05) is 5.56 Å². The zero-order valence-electron chi connectivity index (χ0n) is 10.7. The fourth-order valence-electron chi connectivity index (χ4n) is 1.63. The number of ether oxygens (including phenoxy) is 2. The first-order chi connectivity index (χ1) is 9.61. The standard InChI is InChI=1S/C15H12Cl2O3/c1-19-14-4-2-3-5-15(14)20-9-13(18)10-6-7-11(16)12(17)8-10/h2-8H,9H2,1H3. The molecular weight excluding hydrogens is 299 g/mol. The minimum atomic E-state index is -0.186. The lowest BCUT2D eigenvalue weighted by atomic mass is 10.1. The van der Waals surface area contributed by atoms with Gasteiger partial charge in [0.1, 0.15) is 0 Å². The van der Waals surface area contributed by atoms with Crippen LogP contribution in [0, 0.1) is 0 Å². The van der Waals surface area contributed by atoms with E-state index < -0.39 is 0 Å². The highest BCUT2D eigenvalue weighted by Gasteiger charge is 2.10. The normalized spacial score (nSPS) is 10.2. The monoisotopic (exact) mass is 310 g/mol. The van der Waals surface area contributed by atoms with E-state index in [1.54, 1.807) is 31.4 Å². The quantitative estimate of drug-likeness (QED) is 0.774. The third-order valence-electron chi connectivity index (χ3n) is 2.67. The van der Waals surface area contributed by atoms with Gasteiger partial charge in [0.2, 0.25) is 0 Å². The number of Topliss-reactive ketones (excluding diaryl/α,β-unsaturated/α-hetero) is 1. The first kappa shape index (κ1) is 14.7. The number of ketones is 1. The molecule has 3 nitrogen and oxygen atoms in total. The molecule has 0 bridgehead atoms. The number of carbonyl (C=O) groups is 1. The van der Waals surface area contributed by atoms with E-state index in [1.807, 2.05) is 12.1 Å². The molecule has 0 spiro atoms. The minimum absolute atomic E-state index is 0.0989. The minimum Gasteiger partial charge on any atom is -0.493 e. The molecule has 5 heteroatoms. The predicted molar refractivity (Wildman–Crippen MR) is 79.3 cm³/mol. The van der Waals surface area contributed by atoms with E-state index in [4.69, 9.17) is 32.7 Å². The summed E-state index contributed by atoms with van der Waals surface area (Å²) in [5, 5.41) is 0.753. The number of carbonyl (C=O) groups excluding carboxylic acids is 1. The summed E-state index contributed by atoms with van der Waals surface area (Å²) in [4.78, 5) is 12.0. The van der Waals surface area contributed by atoms with Gasteiger partial charge in [-0.2, -0.15) is 0 Å². The van der Waals surface area contributed by atoms with Gasteiger partial charge in [0.25, 0.3) is 0 Å². The summed E-state index contributed by atoms with van der Waals surface area (Å²) < 4.78 is 10.6. The molecule has 0 atom stereocenters. The van der Waals surface area contributed by atoms with Crippen LogP contribution in [0.25, 0.3) is 0 Å². The molecule has 0 heterocycles. The Labute approximate surface area is 127 Å². The third-order valence-corrected chi connectivity index (χ3v) is 3.41. The van der Waals surface area contributed by atoms with Crippen LogP contribution >= 0.6 is 23.2 Å². The number of para-hydroxylation sites is 2. The van der Waals surface area contributed by atoms with Crippen molar-refractivity contribution in [2.75, 3.05) is 13.7 Å². The zero-order valence-corrected chi connectivity index (χ0v) is 12.2. The highest BCUT2D eigenvalue weighted by Crippen LogP contribution is 2.26. The summed E-state index contributed by atoms with van der Waals surface area (Å²) in [5.41, 5.74) is 0.453. The lowest BCUT2D eigenvalue weighted by Gasteiger charge is -2.09. The van der Waals surface area contributed by atoms with E-state index in [9.17, 15) is 4.79 Å². The van der Waals surface area contributed by atoms with Gasteiger partial charge in [0.05, 0.1) is 17.2 Å². The number of halogens is 2. The molecule has 0 N–H and O–H groups in total. The fourth-order valence-corrected chi connectivity index (χ4v) is 1.93. The molecule has 104 valence electrons. The summed E-state index contributed by atoms with van der Waals surface area (Å²) in [7, 11) is 1.54. The second kappa shape index (κ2) is 6.64. The van der Waals surface area contributed by atoms with Crippen LogP contribution < -0.4 is 9.47 Å². The molecule has 0 saturated carbocycles. The molecule has 2 rings (SSSR count). The Kier molecular flexibility index (Phi) is 4.88. The van der Waals surface area contributed by atoms with Crippen molar-refractivity contribution in [1.82, 2.24) is 0 Å². The molecule has 2 aromatic rings. The van der Waals surface area contributed by atoms with E-state index in [0.29, 0.717) is 27.1 Å². The van der Waals surface area contributed by atoms with Gasteiger partial charge in [-0.05, 0) is 30.3 Å². The van der Waals surface area contributed by atoms with Crippen LogP contribution in [0.4, 0.5) is 0 Å². The Hall–Kier alpha value is -1.71.